The van der Waals surface area contributed by atoms with Gasteiger partial charge in [-0.1, -0.05) is 62.2 Å². The Hall–Kier alpha value is -2.00. The van der Waals surface area contributed by atoms with E-state index in [1.54, 1.807) is 12.1 Å². The van der Waals surface area contributed by atoms with Gasteiger partial charge in [-0.2, -0.15) is 0 Å². The number of hydrogen-bond acceptors (Lipinski definition) is 2. The zero-order valence-electron chi connectivity index (χ0n) is 13.9. The highest BCUT2D eigenvalue weighted by molar-refractivity contribution is 6.33. The Morgan fingerprint density at radius 3 is 2.52 bits per heavy atom. The Kier molecular flexibility index (Phi) is 5.32. The monoisotopic (exact) mass is 331 g/mol. The van der Waals surface area contributed by atoms with Crippen LogP contribution in [0.15, 0.2) is 42.5 Å². The molecule has 0 spiro atoms. The van der Waals surface area contributed by atoms with Gasteiger partial charge in [-0.15, -0.1) is 0 Å². The molecular weight excluding hydrogens is 310 g/mol. The summed E-state index contributed by atoms with van der Waals surface area (Å²) in [5.41, 5.74) is 2.79. The van der Waals surface area contributed by atoms with Gasteiger partial charge in [-0.05, 0) is 36.1 Å². The van der Waals surface area contributed by atoms with Crippen molar-refractivity contribution < 1.29 is 9.53 Å². The van der Waals surface area contributed by atoms with Gasteiger partial charge in [0, 0.05) is 0 Å². The van der Waals surface area contributed by atoms with E-state index in [9.17, 15) is 4.79 Å². The zero-order chi connectivity index (χ0) is 17.0. The van der Waals surface area contributed by atoms with Crippen molar-refractivity contribution in [2.75, 3.05) is 11.9 Å². The number of carbonyl (C=O) groups excluding carboxylic acids is 1. The van der Waals surface area contributed by atoms with Gasteiger partial charge in [0.1, 0.15) is 5.75 Å². The van der Waals surface area contributed by atoms with Gasteiger partial charge in [0.25, 0.3) is 5.91 Å². The number of carbonyl (C=O) groups is 1. The van der Waals surface area contributed by atoms with E-state index in [-0.39, 0.29) is 17.9 Å². The van der Waals surface area contributed by atoms with E-state index in [0.29, 0.717) is 10.7 Å². The van der Waals surface area contributed by atoms with Gasteiger partial charge < -0.3 is 10.1 Å². The average molecular weight is 332 g/mol. The number of benzene rings is 2. The fourth-order valence-corrected chi connectivity index (χ4v) is 2.43. The summed E-state index contributed by atoms with van der Waals surface area (Å²) in [6.45, 7) is 8.36. The fraction of sp³-hybridized carbons (Fsp3) is 0.316. The molecule has 0 heterocycles. The maximum Gasteiger partial charge on any atom is 0.262 e. The topological polar surface area (TPSA) is 38.3 Å². The summed E-state index contributed by atoms with van der Waals surface area (Å²) >= 11 is 6.03. The molecule has 4 heteroatoms. The lowest BCUT2D eigenvalue weighted by Gasteiger charge is -2.23. The minimum absolute atomic E-state index is 0.0550. The van der Waals surface area contributed by atoms with Crippen molar-refractivity contribution in [3.63, 3.8) is 0 Å². The Balaban J connectivity index is 2.06. The number of halogens is 1. The molecular formula is C19H22ClNO2. The van der Waals surface area contributed by atoms with Crippen molar-refractivity contribution in [2.45, 2.75) is 33.1 Å². The Labute approximate surface area is 142 Å². The molecule has 0 fully saturated rings. The van der Waals surface area contributed by atoms with Gasteiger partial charge >= 0.3 is 0 Å². The van der Waals surface area contributed by atoms with Crippen LogP contribution in [0.25, 0.3) is 0 Å². The van der Waals surface area contributed by atoms with Crippen molar-refractivity contribution in [1.29, 1.82) is 0 Å². The summed E-state index contributed by atoms with van der Waals surface area (Å²) in [6, 6.07) is 13.1. The first kappa shape index (κ1) is 17.4. The molecule has 0 atom stereocenters. The summed E-state index contributed by atoms with van der Waals surface area (Å²) < 4.78 is 5.74. The third kappa shape index (κ3) is 4.73. The number of rotatable bonds is 4. The first-order valence-corrected chi connectivity index (χ1v) is 7.93. The molecule has 23 heavy (non-hydrogen) atoms. The van der Waals surface area contributed by atoms with Crippen LogP contribution in [0.4, 0.5) is 5.69 Å². The highest BCUT2D eigenvalue weighted by Gasteiger charge is 2.19. The van der Waals surface area contributed by atoms with Crippen LogP contribution in [0, 0.1) is 6.92 Å². The Bertz CT molecular complexity index is 705. The lowest BCUT2D eigenvalue weighted by molar-refractivity contribution is -0.118. The summed E-state index contributed by atoms with van der Waals surface area (Å²) in [5, 5.41) is 3.26. The molecule has 2 aromatic carbocycles. The molecule has 0 saturated heterocycles. The van der Waals surface area contributed by atoms with Crippen LogP contribution in [-0.4, -0.2) is 12.5 Å². The van der Waals surface area contributed by atoms with Crippen molar-refractivity contribution in [3.05, 3.63) is 58.6 Å². The smallest absolute Gasteiger partial charge is 0.262 e. The van der Waals surface area contributed by atoms with Gasteiger partial charge in [-0.25, -0.2) is 0 Å². The summed E-state index contributed by atoms with van der Waals surface area (Å²) in [5.74, 6) is 0.496. The highest BCUT2D eigenvalue weighted by Crippen LogP contribution is 2.32. The van der Waals surface area contributed by atoms with Gasteiger partial charge in [-0.3, -0.25) is 4.79 Å². The minimum atomic E-state index is -0.237. The molecule has 0 radical (unpaired) electrons. The van der Waals surface area contributed by atoms with E-state index < -0.39 is 0 Å². The summed E-state index contributed by atoms with van der Waals surface area (Å²) in [4.78, 5) is 12.1. The number of aryl methyl sites for hydroxylation is 1. The Morgan fingerprint density at radius 2 is 1.87 bits per heavy atom. The predicted molar refractivity (Wildman–Crippen MR) is 95.5 cm³/mol. The number of hydrogen-bond donors (Lipinski definition) is 1. The normalized spacial score (nSPS) is 11.2. The second kappa shape index (κ2) is 7.05. The largest absolute Gasteiger partial charge is 0.483 e. The van der Waals surface area contributed by atoms with Crippen LogP contribution < -0.4 is 10.1 Å². The molecule has 0 unspecified atom stereocenters. The van der Waals surface area contributed by atoms with E-state index >= 15 is 0 Å². The molecule has 2 aromatic rings. The maximum absolute atomic E-state index is 12.1. The molecule has 122 valence electrons. The second-order valence-corrected chi connectivity index (χ2v) is 6.97. The van der Waals surface area contributed by atoms with Gasteiger partial charge in [0.15, 0.2) is 6.61 Å². The Morgan fingerprint density at radius 1 is 1.17 bits per heavy atom. The first-order chi connectivity index (χ1) is 10.8. The van der Waals surface area contributed by atoms with Crippen molar-refractivity contribution in [1.82, 2.24) is 0 Å². The molecule has 0 saturated carbocycles. The SMILES string of the molecule is Cc1ccc(OCC(=O)Nc2ccccc2Cl)c(C(C)(C)C)c1. The molecule has 0 bridgehead atoms. The zero-order valence-corrected chi connectivity index (χ0v) is 14.7. The van der Waals surface area contributed by atoms with Crippen LogP contribution in [0.2, 0.25) is 5.02 Å². The fourth-order valence-electron chi connectivity index (χ4n) is 2.25. The van der Waals surface area contributed by atoms with Crippen LogP contribution in [0.3, 0.4) is 0 Å². The quantitative estimate of drug-likeness (QED) is 0.859. The minimum Gasteiger partial charge on any atom is -0.483 e. The van der Waals surface area contributed by atoms with Crippen molar-refractivity contribution in [2.24, 2.45) is 0 Å². The molecule has 0 aliphatic heterocycles. The molecule has 0 aliphatic rings. The third-order valence-electron chi connectivity index (χ3n) is 3.45. The molecule has 0 aromatic heterocycles. The van der Waals surface area contributed by atoms with Crippen LogP contribution in [-0.2, 0) is 10.2 Å². The van der Waals surface area contributed by atoms with E-state index in [1.165, 1.54) is 5.56 Å². The van der Waals surface area contributed by atoms with E-state index in [2.05, 4.69) is 32.2 Å². The highest BCUT2D eigenvalue weighted by atomic mass is 35.5. The number of anilines is 1. The van der Waals surface area contributed by atoms with Crippen LogP contribution in [0.5, 0.6) is 5.75 Å². The van der Waals surface area contributed by atoms with E-state index in [4.69, 9.17) is 16.3 Å². The number of nitrogens with one attached hydrogen (secondary N) is 1. The third-order valence-corrected chi connectivity index (χ3v) is 3.78. The lowest BCUT2D eigenvalue weighted by Crippen LogP contribution is -2.22. The molecule has 1 N–H and O–H groups in total. The van der Waals surface area contributed by atoms with Crippen LogP contribution in [0.1, 0.15) is 31.9 Å². The molecule has 1 amide bonds. The maximum atomic E-state index is 12.1. The van der Waals surface area contributed by atoms with Gasteiger partial charge in [0.05, 0.1) is 10.7 Å². The van der Waals surface area contributed by atoms with Crippen molar-refractivity contribution in [3.8, 4) is 5.75 Å². The molecule has 0 aliphatic carbocycles. The summed E-state index contributed by atoms with van der Waals surface area (Å²) in [7, 11) is 0. The first-order valence-electron chi connectivity index (χ1n) is 7.55. The van der Waals surface area contributed by atoms with Crippen molar-refractivity contribution >= 4 is 23.2 Å². The lowest BCUT2D eigenvalue weighted by atomic mass is 9.85. The molecule has 2 rings (SSSR count). The standard InChI is InChI=1S/C19H22ClNO2/c1-13-9-10-17(14(11-13)19(2,3)4)23-12-18(22)21-16-8-6-5-7-15(16)20/h5-11H,12H2,1-4H3,(H,21,22). The van der Waals surface area contributed by atoms with E-state index in [1.807, 2.05) is 31.2 Å². The van der Waals surface area contributed by atoms with E-state index in [0.717, 1.165) is 11.3 Å². The number of para-hydroxylation sites is 1. The summed E-state index contributed by atoms with van der Waals surface area (Å²) in [6.07, 6.45) is 0. The average Bonchev–Trinajstić information content (AvgIpc) is 2.47. The number of ether oxygens (including phenoxy) is 1. The number of amides is 1. The molecule has 3 nitrogen and oxygen atoms in total. The predicted octanol–water partition coefficient (Wildman–Crippen LogP) is 4.96. The van der Waals surface area contributed by atoms with Crippen LogP contribution >= 0.6 is 11.6 Å². The second-order valence-electron chi connectivity index (χ2n) is 6.57. The van der Waals surface area contributed by atoms with Gasteiger partial charge in [0.2, 0.25) is 0 Å².